The van der Waals surface area contributed by atoms with Gasteiger partial charge in [-0.15, -0.1) is 0 Å². The highest BCUT2D eigenvalue weighted by Crippen LogP contribution is 2.31. The lowest BCUT2D eigenvalue weighted by atomic mass is 9.98. The largest absolute Gasteiger partial charge is 0.494 e. The molecular weight excluding hydrogens is 286 g/mol. The molecule has 20 heavy (non-hydrogen) atoms. The fourth-order valence-corrected chi connectivity index (χ4v) is 2.18. The predicted octanol–water partition coefficient (Wildman–Crippen LogP) is 3.18. The number of benzene rings is 2. The highest BCUT2D eigenvalue weighted by molar-refractivity contribution is 6.31. The lowest BCUT2D eigenvalue weighted by Crippen LogP contribution is -2.29. The Morgan fingerprint density at radius 1 is 1.20 bits per heavy atom. The van der Waals surface area contributed by atoms with Gasteiger partial charge in [-0.25, -0.2) is 14.2 Å². The zero-order valence-corrected chi connectivity index (χ0v) is 11.4. The van der Waals surface area contributed by atoms with Crippen molar-refractivity contribution in [3.63, 3.8) is 0 Å². The van der Waals surface area contributed by atoms with E-state index in [9.17, 15) is 8.78 Å². The first-order valence-electron chi connectivity index (χ1n) is 5.81. The number of hydrogen-bond donors (Lipinski definition) is 2. The topological polar surface area (TPSA) is 47.3 Å². The van der Waals surface area contributed by atoms with Crippen LogP contribution in [-0.2, 0) is 0 Å². The summed E-state index contributed by atoms with van der Waals surface area (Å²) in [5, 5.41) is 0.359. The van der Waals surface area contributed by atoms with Crippen molar-refractivity contribution in [2.75, 3.05) is 7.11 Å². The number of methoxy groups -OCH3 is 1. The van der Waals surface area contributed by atoms with Gasteiger partial charge in [-0.05, 0) is 41.5 Å². The molecule has 0 saturated heterocycles. The van der Waals surface area contributed by atoms with E-state index < -0.39 is 17.7 Å². The summed E-state index contributed by atoms with van der Waals surface area (Å²) in [6.45, 7) is 0. The molecule has 0 aromatic heterocycles. The Morgan fingerprint density at radius 3 is 2.60 bits per heavy atom. The maximum Gasteiger partial charge on any atom is 0.165 e. The number of rotatable bonds is 4. The van der Waals surface area contributed by atoms with Crippen LogP contribution in [0.2, 0.25) is 5.02 Å². The van der Waals surface area contributed by atoms with Crippen molar-refractivity contribution < 1.29 is 13.5 Å². The van der Waals surface area contributed by atoms with Crippen molar-refractivity contribution >= 4 is 11.6 Å². The second-order valence-electron chi connectivity index (χ2n) is 4.16. The molecule has 0 amide bonds. The molecule has 106 valence electrons. The Balaban J connectivity index is 2.49. The standard InChI is InChI=1S/C14H13ClF2N2O/c1-20-13-6-8(2-5-12(13)17)14(19-18)10-7-9(16)3-4-11(10)15/h2-7,14,19H,18H2,1H3. The molecule has 0 radical (unpaired) electrons. The number of hydrogen-bond acceptors (Lipinski definition) is 3. The normalized spacial score (nSPS) is 12.2. The molecule has 0 aliphatic rings. The molecular formula is C14H13ClF2N2O. The van der Waals surface area contributed by atoms with Crippen LogP contribution in [0.25, 0.3) is 0 Å². The molecule has 3 nitrogen and oxygen atoms in total. The van der Waals surface area contributed by atoms with E-state index in [0.29, 0.717) is 16.1 Å². The van der Waals surface area contributed by atoms with Gasteiger partial charge in [0.15, 0.2) is 11.6 Å². The van der Waals surface area contributed by atoms with Crippen LogP contribution in [0.3, 0.4) is 0 Å². The number of halogens is 3. The van der Waals surface area contributed by atoms with E-state index in [2.05, 4.69) is 5.43 Å². The van der Waals surface area contributed by atoms with Crippen LogP contribution in [0.1, 0.15) is 17.2 Å². The van der Waals surface area contributed by atoms with Crippen molar-refractivity contribution in [2.45, 2.75) is 6.04 Å². The molecule has 2 aromatic carbocycles. The van der Waals surface area contributed by atoms with E-state index in [4.69, 9.17) is 22.2 Å². The highest BCUT2D eigenvalue weighted by Gasteiger charge is 2.18. The second-order valence-corrected chi connectivity index (χ2v) is 4.57. The summed E-state index contributed by atoms with van der Waals surface area (Å²) in [6, 6.07) is 7.67. The Labute approximate surface area is 120 Å². The lowest BCUT2D eigenvalue weighted by molar-refractivity contribution is 0.385. The summed E-state index contributed by atoms with van der Waals surface area (Å²) >= 11 is 6.06. The van der Waals surface area contributed by atoms with E-state index >= 15 is 0 Å². The van der Waals surface area contributed by atoms with E-state index in [0.717, 1.165) is 0 Å². The van der Waals surface area contributed by atoms with Crippen LogP contribution in [0, 0.1) is 11.6 Å². The molecule has 0 aliphatic carbocycles. The molecule has 3 N–H and O–H groups in total. The molecule has 1 unspecified atom stereocenters. The molecule has 2 aromatic rings. The summed E-state index contributed by atoms with van der Waals surface area (Å²) in [4.78, 5) is 0. The fourth-order valence-electron chi connectivity index (χ4n) is 1.96. The fraction of sp³-hybridized carbons (Fsp3) is 0.143. The minimum absolute atomic E-state index is 0.0790. The number of ether oxygens (including phenoxy) is 1. The summed E-state index contributed by atoms with van der Waals surface area (Å²) in [5.74, 6) is 4.68. The van der Waals surface area contributed by atoms with E-state index in [1.807, 2.05) is 0 Å². The molecule has 0 fully saturated rings. The third-order valence-corrected chi connectivity index (χ3v) is 3.29. The minimum atomic E-state index is -0.576. The van der Waals surface area contributed by atoms with Crippen LogP contribution < -0.4 is 16.0 Å². The molecule has 0 aliphatic heterocycles. The van der Waals surface area contributed by atoms with Crippen LogP contribution in [0.4, 0.5) is 8.78 Å². The van der Waals surface area contributed by atoms with Crippen molar-refractivity contribution in [3.05, 3.63) is 64.2 Å². The van der Waals surface area contributed by atoms with Crippen molar-refractivity contribution in [2.24, 2.45) is 5.84 Å². The lowest BCUT2D eigenvalue weighted by Gasteiger charge is -2.19. The van der Waals surface area contributed by atoms with Gasteiger partial charge >= 0.3 is 0 Å². The van der Waals surface area contributed by atoms with Gasteiger partial charge < -0.3 is 4.74 Å². The predicted molar refractivity (Wildman–Crippen MR) is 73.5 cm³/mol. The molecule has 0 spiro atoms. The Hall–Kier alpha value is -1.69. The summed E-state index contributed by atoms with van der Waals surface area (Å²) in [6.07, 6.45) is 0. The zero-order chi connectivity index (χ0) is 14.7. The molecule has 0 saturated carbocycles. The highest BCUT2D eigenvalue weighted by atomic mass is 35.5. The zero-order valence-electron chi connectivity index (χ0n) is 10.7. The first-order valence-corrected chi connectivity index (χ1v) is 6.19. The smallest absolute Gasteiger partial charge is 0.165 e. The van der Waals surface area contributed by atoms with Crippen molar-refractivity contribution in [3.8, 4) is 5.75 Å². The maximum absolute atomic E-state index is 13.4. The first kappa shape index (κ1) is 14.7. The number of hydrazine groups is 1. The van der Waals surface area contributed by atoms with E-state index in [1.165, 1.54) is 43.5 Å². The van der Waals surface area contributed by atoms with Gasteiger partial charge in [0.05, 0.1) is 13.2 Å². The van der Waals surface area contributed by atoms with Gasteiger partial charge in [-0.3, -0.25) is 5.84 Å². The van der Waals surface area contributed by atoms with Gasteiger partial charge in [-0.1, -0.05) is 17.7 Å². The SMILES string of the molecule is COc1cc(C(NN)c2cc(F)ccc2Cl)ccc1F. The monoisotopic (exact) mass is 298 g/mol. The van der Waals surface area contributed by atoms with E-state index in [1.54, 1.807) is 0 Å². The van der Waals surface area contributed by atoms with Gasteiger partial charge in [0.1, 0.15) is 5.82 Å². The Morgan fingerprint density at radius 2 is 1.95 bits per heavy atom. The number of nitrogens with two attached hydrogens (primary N) is 1. The minimum Gasteiger partial charge on any atom is -0.494 e. The van der Waals surface area contributed by atoms with Gasteiger partial charge in [0.2, 0.25) is 0 Å². The molecule has 0 heterocycles. The van der Waals surface area contributed by atoms with Crippen molar-refractivity contribution in [1.29, 1.82) is 0 Å². The van der Waals surface area contributed by atoms with Crippen molar-refractivity contribution in [1.82, 2.24) is 5.43 Å². The maximum atomic E-state index is 13.4. The number of nitrogens with one attached hydrogen (secondary N) is 1. The first-order chi connectivity index (χ1) is 9.56. The van der Waals surface area contributed by atoms with Crippen LogP contribution >= 0.6 is 11.6 Å². The van der Waals surface area contributed by atoms with Crippen LogP contribution in [0.5, 0.6) is 5.75 Å². The summed E-state index contributed by atoms with van der Waals surface area (Å²) in [7, 11) is 1.36. The van der Waals surface area contributed by atoms with Gasteiger partial charge in [-0.2, -0.15) is 0 Å². The average Bonchev–Trinajstić information content (AvgIpc) is 2.45. The Bertz CT molecular complexity index is 622. The Kier molecular flexibility index (Phi) is 4.54. The molecule has 1 atom stereocenters. The third-order valence-electron chi connectivity index (χ3n) is 2.94. The molecule has 0 bridgehead atoms. The van der Waals surface area contributed by atoms with Gasteiger partial charge in [0.25, 0.3) is 0 Å². The molecule has 2 rings (SSSR count). The van der Waals surface area contributed by atoms with Crippen LogP contribution in [-0.4, -0.2) is 7.11 Å². The summed E-state index contributed by atoms with van der Waals surface area (Å²) < 4.78 is 31.7. The summed E-state index contributed by atoms with van der Waals surface area (Å²) in [5.41, 5.74) is 3.61. The third kappa shape index (κ3) is 2.90. The average molecular weight is 299 g/mol. The quantitative estimate of drug-likeness (QED) is 0.673. The van der Waals surface area contributed by atoms with E-state index in [-0.39, 0.29) is 5.75 Å². The second kappa shape index (κ2) is 6.17. The molecule has 6 heteroatoms. The van der Waals surface area contributed by atoms with Gasteiger partial charge in [0, 0.05) is 5.02 Å². The van der Waals surface area contributed by atoms with Crippen LogP contribution in [0.15, 0.2) is 36.4 Å².